The number of methoxy groups -OCH3 is 2. The van der Waals surface area contributed by atoms with Crippen LogP contribution in [0, 0.1) is 0 Å². The van der Waals surface area contributed by atoms with Gasteiger partial charge in [0.05, 0.1) is 11.3 Å². The second-order valence-corrected chi connectivity index (χ2v) is 5.71. The molecule has 1 aromatic rings. The number of nitrogen functional groups attached to an aromatic ring is 1. The van der Waals surface area contributed by atoms with Crippen molar-refractivity contribution in [3.05, 3.63) is 10.4 Å². The lowest BCUT2D eigenvalue weighted by Gasteiger charge is -2.17. The van der Waals surface area contributed by atoms with E-state index in [1.165, 1.54) is 0 Å². The van der Waals surface area contributed by atoms with Gasteiger partial charge in [-0.15, -0.1) is 11.3 Å². The van der Waals surface area contributed by atoms with Crippen molar-refractivity contribution in [3.63, 3.8) is 0 Å². The van der Waals surface area contributed by atoms with E-state index in [1.54, 1.807) is 14.2 Å². The number of hydrogen-bond donors (Lipinski definition) is 3. The Bertz CT molecular complexity index is 562. The number of primary amides is 2. The summed E-state index contributed by atoms with van der Waals surface area (Å²) < 4.78 is 10.7. The van der Waals surface area contributed by atoms with E-state index in [9.17, 15) is 9.59 Å². The number of ether oxygens (including phenoxy) is 2. The molecule has 0 aromatic carbocycles. The lowest BCUT2D eigenvalue weighted by atomic mass is 10.2. The van der Waals surface area contributed by atoms with Crippen molar-refractivity contribution in [1.82, 2.24) is 0 Å². The van der Waals surface area contributed by atoms with Gasteiger partial charge in [0.2, 0.25) is 0 Å². The Morgan fingerprint density at radius 1 is 1.14 bits per heavy atom. The number of carbonyl (C=O) groups is 2. The SMILES string of the molecule is COC1CN(c2sc(C(N)=O)c(N)c2C(N)=O)CC1OC. The molecule has 0 bridgehead atoms. The molecule has 0 saturated carbocycles. The molecule has 6 N–H and O–H groups in total. The van der Waals surface area contributed by atoms with Gasteiger partial charge in [0, 0.05) is 27.3 Å². The molecule has 1 aliphatic rings. The third kappa shape index (κ3) is 2.67. The smallest absolute Gasteiger partial charge is 0.260 e. The van der Waals surface area contributed by atoms with E-state index in [4.69, 9.17) is 26.7 Å². The zero-order valence-corrected chi connectivity index (χ0v) is 12.6. The van der Waals surface area contributed by atoms with Crippen molar-refractivity contribution in [1.29, 1.82) is 0 Å². The number of nitrogens with zero attached hydrogens (tertiary/aromatic N) is 1. The molecule has 8 nitrogen and oxygen atoms in total. The maximum absolute atomic E-state index is 11.6. The molecule has 1 aliphatic heterocycles. The standard InChI is InChI=1S/C12H18N4O4S/c1-19-5-3-16(4-6(5)20-2)12-7(10(14)17)8(13)9(21-12)11(15)18/h5-6H,3-4,13H2,1-2H3,(H2,14,17)(H2,15,18). The van der Waals surface area contributed by atoms with Gasteiger partial charge in [-0.25, -0.2) is 0 Å². The van der Waals surface area contributed by atoms with Gasteiger partial charge >= 0.3 is 0 Å². The Kier molecular flexibility index (Phi) is 4.35. The summed E-state index contributed by atoms with van der Waals surface area (Å²) in [7, 11) is 3.18. The third-order valence-electron chi connectivity index (χ3n) is 3.50. The number of amides is 2. The Labute approximate surface area is 125 Å². The zero-order valence-electron chi connectivity index (χ0n) is 11.8. The Balaban J connectivity index is 2.42. The van der Waals surface area contributed by atoms with Crippen LogP contribution in [0.2, 0.25) is 0 Å². The van der Waals surface area contributed by atoms with E-state index < -0.39 is 11.8 Å². The predicted octanol–water partition coefficient (Wildman–Crippen LogP) is -0.622. The normalized spacial score (nSPS) is 21.7. The summed E-state index contributed by atoms with van der Waals surface area (Å²) in [6.07, 6.45) is -0.285. The second-order valence-electron chi connectivity index (χ2n) is 4.71. The number of thiophene rings is 1. The molecular weight excluding hydrogens is 296 g/mol. The van der Waals surface area contributed by atoms with Crippen molar-refractivity contribution < 1.29 is 19.1 Å². The van der Waals surface area contributed by atoms with Crippen LogP contribution in [0.25, 0.3) is 0 Å². The lowest BCUT2D eigenvalue weighted by Crippen LogP contribution is -2.27. The van der Waals surface area contributed by atoms with Crippen molar-refractivity contribution in [2.75, 3.05) is 37.9 Å². The first-order valence-corrected chi connectivity index (χ1v) is 7.04. The van der Waals surface area contributed by atoms with Gasteiger partial charge in [0.1, 0.15) is 22.1 Å². The summed E-state index contributed by atoms with van der Waals surface area (Å²) in [5.74, 6) is -1.38. The monoisotopic (exact) mass is 314 g/mol. The van der Waals surface area contributed by atoms with E-state index in [1.807, 2.05) is 4.90 Å². The van der Waals surface area contributed by atoms with E-state index in [0.717, 1.165) is 11.3 Å². The summed E-state index contributed by atoms with van der Waals surface area (Å²) >= 11 is 1.06. The first kappa shape index (κ1) is 15.5. The summed E-state index contributed by atoms with van der Waals surface area (Å²) in [6, 6.07) is 0. The molecule has 0 radical (unpaired) electrons. The van der Waals surface area contributed by atoms with Crippen molar-refractivity contribution in [2.24, 2.45) is 11.5 Å². The summed E-state index contributed by atoms with van der Waals surface area (Å²) in [6.45, 7) is 1.01. The van der Waals surface area contributed by atoms with Crippen molar-refractivity contribution >= 4 is 33.8 Å². The highest BCUT2D eigenvalue weighted by molar-refractivity contribution is 7.19. The number of nitrogens with two attached hydrogens (primary N) is 3. The first-order valence-electron chi connectivity index (χ1n) is 6.23. The minimum absolute atomic E-state index is 0.0323. The van der Waals surface area contributed by atoms with Gasteiger partial charge in [0.15, 0.2) is 0 Å². The van der Waals surface area contributed by atoms with Crippen LogP contribution >= 0.6 is 11.3 Å². The highest BCUT2D eigenvalue weighted by Gasteiger charge is 2.36. The van der Waals surface area contributed by atoms with Crippen LogP contribution in [0.5, 0.6) is 0 Å². The van der Waals surface area contributed by atoms with Crippen LogP contribution in [0.4, 0.5) is 10.7 Å². The zero-order chi connectivity index (χ0) is 15.7. The fourth-order valence-electron chi connectivity index (χ4n) is 2.44. The van der Waals surface area contributed by atoms with E-state index in [-0.39, 0.29) is 28.3 Å². The van der Waals surface area contributed by atoms with Crippen molar-refractivity contribution in [2.45, 2.75) is 12.2 Å². The molecule has 2 heterocycles. The third-order valence-corrected chi connectivity index (χ3v) is 4.79. The Morgan fingerprint density at radius 3 is 2.05 bits per heavy atom. The van der Waals surface area contributed by atoms with Crippen LogP contribution in [0.3, 0.4) is 0 Å². The topological polar surface area (TPSA) is 134 Å². The van der Waals surface area contributed by atoms with E-state index in [0.29, 0.717) is 18.1 Å². The first-order chi connectivity index (χ1) is 9.90. The second kappa shape index (κ2) is 5.88. The maximum Gasteiger partial charge on any atom is 0.260 e. The van der Waals surface area contributed by atoms with E-state index in [2.05, 4.69) is 0 Å². The Morgan fingerprint density at radius 2 is 1.67 bits per heavy atom. The minimum Gasteiger partial charge on any atom is -0.397 e. The molecule has 116 valence electrons. The van der Waals surface area contributed by atoms with Gasteiger partial charge in [-0.05, 0) is 0 Å². The van der Waals surface area contributed by atoms with Crippen LogP contribution in [0.15, 0.2) is 0 Å². The molecular formula is C12H18N4O4S. The molecule has 0 spiro atoms. The molecule has 1 aromatic heterocycles. The lowest BCUT2D eigenvalue weighted by molar-refractivity contribution is -0.00461. The average Bonchev–Trinajstić information content (AvgIpc) is 2.98. The van der Waals surface area contributed by atoms with Gasteiger partial charge in [0.25, 0.3) is 11.8 Å². The number of carbonyl (C=O) groups excluding carboxylic acids is 2. The van der Waals surface area contributed by atoms with E-state index >= 15 is 0 Å². The Hall–Kier alpha value is -1.84. The van der Waals surface area contributed by atoms with Crippen LogP contribution in [-0.4, -0.2) is 51.3 Å². The summed E-state index contributed by atoms with van der Waals surface area (Å²) in [4.78, 5) is 25.0. The average molecular weight is 314 g/mol. The molecule has 1 fully saturated rings. The van der Waals surface area contributed by atoms with Crippen LogP contribution < -0.4 is 22.1 Å². The van der Waals surface area contributed by atoms with Gasteiger partial charge in [-0.3, -0.25) is 9.59 Å². The molecule has 2 amide bonds. The molecule has 9 heteroatoms. The quantitative estimate of drug-likeness (QED) is 0.663. The molecule has 21 heavy (non-hydrogen) atoms. The highest BCUT2D eigenvalue weighted by Crippen LogP contribution is 2.39. The van der Waals surface area contributed by atoms with Gasteiger partial charge < -0.3 is 31.6 Å². The molecule has 2 atom stereocenters. The van der Waals surface area contributed by atoms with Crippen LogP contribution in [0.1, 0.15) is 20.0 Å². The number of rotatable bonds is 5. The van der Waals surface area contributed by atoms with Crippen molar-refractivity contribution in [3.8, 4) is 0 Å². The fourth-order valence-corrected chi connectivity index (χ4v) is 3.53. The van der Waals surface area contributed by atoms with Crippen LogP contribution in [-0.2, 0) is 9.47 Å². The number of anilines is 2. The number of hydrogen-bond acceptors (Lipinski definition) is 7. The largest absolute Gasteiger partial charge is 0.397 e. The fraction of sp³-hybridized carbons (Fsp3) is 0.500. The minimum atomic E-state index is -0.693. The van der Waals surface area contributed by atoms with Gasteiger partial charge in [-0.1, -0.05) is 0 Å². The summed E-state index contributed by atoms with van der Waals surface area (Å²) in [5, 5.41) is 0.524. The summed E-state index contributed by atoms with van der Waals surface area (Å²) in [5.41, 5.74) is 16.6. The molecule has 2 unspecified atom stereocenters. The molecule has 0 aliphatic carbocycles. The predicted molar refractivity (Wildman–Crippen MR) is 79.6 cm³/mol. The van der Waals surface area contributed by atoms with Gasteiger partial charge in [-0.2, -0.15) is 0 Å². The maximum atomic E-state index is 11.6. The molecule has 1 saturated heterocycles. The molecule has 2 rings (SSSR count). The highest BCUT2D eigenvalue weighted by atomic mass is 32.1.